The minimum atomic E-state index is 1.89. The Morgan fingerprint density at radius 1 is 1.17 bits per heavy atom. The number of nitrogens with zero attached hydrogens (tertiary/aromatic N) is 1. The predicted octanol–water partition coefficient (Wildman–Crippen LogP) is 1.19. The fourth-order valence-electron chi connectivity index (χ4n) is 0. The fourth-order valence-corrected chi connectivity index (χ4v) is 0. The first-order valence-corrected chi connectivity index (χ1v) is 3.31. The lowest BCUT2D eigenvalue weighted by atomic mass is 11.0. The summed E-state index contributed by atoms with van der Waals surface area (Å²) in [7, 11) is 7.89. The molecule has 3 heteroatoms. The van der Waals surface area contributed by atoms with Gasteiger partial charge in [-0.1, -0.05) is 0 Å². The van der Waals surface area contributed by atoms with E-state index < -0.39 is 0 Å². The van der Waals surface area contributed by atoms with Crippen LogP contribution in [-0.2, 0) is 0 Å². The highest BCUT2D eigenvalue weighted by molar-refractivity contribution is 7.52. The molecule has 0 saturated heterocycles. The van der Waals surface area contributed by atoms with Crippen LogP contribution in [0, 0.1) is 0 Å². The van der Waals surface area contributed by atoms with Crippen LogP contribution in [0.5, 0.6) is 0 Å². The van der Waals surface area contributed by atoms with E-state index in [9.17, 15) is 0 Å². The van der Waals surface area contributed by atoms with Gasteiger partial charge in [0.05, 0.1) is 0 Å². The molecule has 0 aromatic rings. The van der Waals surface area contributed by atoms with Crippen molar-refractivity contribution in [3.05, 3.63) is 0 Å². The SMILES string of the molecule is CN(C)C.PCl. The highest BCUT2D eigenvalue weighted by atomic mass is 35.7. The summed E-state index contributed by atoms with van der Waals surface area (Å²) < 4.78 is 0. The van der Waals surface area contributed by atoms with Crippen molar-refractivity contribution in [3.8, 4) is 0 Å². The molecule has 6 heavy (non-hydrogen) atoms. The number of hydrogen-bond donors (Lipinski definition) is 0. The first kappa shape index (κ1) is 9.84. The molecule has 0 aromatic carbocycles. The normalized spacial score (nSPS) is 7.00. The van der Waals surface area contributed by atoms with Crippen LogP contribution >= 0.6 is 19.8 Å². The van der Waals surface area contributed by atoms with Crippen LogP contribution in [0.4, 0.5) is 0 Å². The zero-order valence-corrected chi connectivity index (χ0v) is 6.31. The van der Waals surface area contributed by atoms with E-state index in [4.69, 9.17) is 0 Å². The molecule has 0 amide bonds. The third-order valence-electron chi connectivity index (χ3n) is 0. The Kier molecular flexibility index (Phi) is 15.1. The molecule has 0 radical (unpaired) electrons. The molecule has 1 atom stereocenters. The summed E-state index contributed by atoms with van der Waals surface area (Å²) in [6.07, 6.45) is 0. The van der Waals surface area contributed by atoms with Crippen molar-refractivity contribution in [2.45, 2.75) is 0 Å². The Labute approximate surface area is 46.7 Å². The Hall–Kier alpha value is 0.680. The number of hydrogen-bond acceptors (Lipinski definition) is 1. The molecule has 0 rings (SSSR count). The van der Waals surface area contributed by atoms with E-state index in [-0.39, 0.29) is 0 Å². The van der Waals surface area contributed by atoms with E-state index in [1.165, 1.54) is 0 Å². The Morgan fingerprint density at radius 2 is 1.17 bits per heavy atom. The van der Waals surface area contributed by atoms with Gasteiger partial charge in [-0.15, -0.1) is 11.2 Å². The van der Waals surface area contributed by atoms with Crippen LogP contribution in [0.3, 0.4) is 0 Å². The minimum Gasteiger partial charge on any atom is -0.312 e. The molecule has 0 fully saturated rings. The maximum atomic E-state index is 4.56. The van der Waals surface area contributed by atoms with Crippen LogP contribution in [-0.4, -0.2) is 26.0 Å². The second-order valence-corrected chi connectivity index (χ2v) is 1.34. The van der Waals surface area contributed by atoms with Crippen molar-refractivity contribution in [1.82, 2.24) is 4.90 Å². The highest BCUT2D eigenvalue weighted by Gasteiger charge is 1.58. The molecule has 40 valence electrons. The molecule has 0 aliphatic carbocycles. The molecule has 0 aliphatic heterocycles. The predicted molar refractivity (Wildman–Crippen MR) is 35.2 cm³/mol. The zero-order valence-electron chi connectivity index (χ0n) is 4.40. The van der Waals surface area contributed by atoms with Gasteiger partial charge in [0.2, 0.25) is 0 Å². The lowest BCUT2D eigenvalue weighted by Crippen LogP contribution is -1.99. The molecule has 0 aromatic heterocycles. The van der Waals surface area contributed by atoms with Crippen molar-refractivity contribution in [2.24, 2.45) is 0 Å². The zero-order chi connectivity index (χ0) is 5.58. The second-order valence-electron chi connectivity index (χ2n) is 1.34. The summed E-state index contributed by atoms with van der Waals surface area (Å²) in [5.41, 5.74) is 0. The van der Waals surface area contributed by atoms with Crippen LogP contribution in [0.25, 0.3) is 0 Å². The maximum absolute atomic E-state index is 4.56. The third kappa shape index (κ3) is 137. The minimum absolute atomic E-state index is 1.89. The van der Waals surface area contributed by atoms with Gasteiger partial charge in [-0.05, 0) is 29.7 Å². The molecule has 0 saturated carbocycles. The van der Waals surface area contributed by atoms with E-state index in [2.05, 4.69) is 11.2 Å². The molecular weight excluding hydrogens is 116 g/mol. The quantitative estimate of drug-likeness (QED) is 0.442. The maximum Gasteiger partial charge on any atom is -0.0140 e. The monoisotopic (exact) mass is 127 g/mol. The second kappa shape index (κ2) is 9.19. The van der Waals surface area contributed by atoms with Gasteiger partial charge in [-0.25, -0.2) is 0 Å². The molecule has 1 nitrogen and oxygen atoms in total. The standard InChI is InChI=1S/C3H9N.ClH2P/c1-4(2)3;1-2/h1-3H3;2H2. The van der Waals surface area contributed by atoms with Crippen molar-refractivity contribution in [1.29, 1.82) is 0 Å². The Bertz CT molecular complexity index is 15.5. The average molecular weight is 128 g/mol. The van der Waals surface area contributed by atoms with E-state index in [1.54, 1.807) is 0 Å². The van der Waals surface area contributed by atoms with Gasteiger partial charge >= 0.3 is 0 Å². The summed E-state index contributed by atoms with van der Waals surface area (Å²) in [5, 5.41) is 0. The summed E-state index contributed by atoms with van der Waals surface area (Å²) in [5.74, 6) is 0. The lowest BCUT2D eigenvalue weighted by molar-refractivity contribution is 0.505. The topological polar surface area (TPSA) is 3.24 Å². The first-order chi connectivity index (χ1) is 2.73. The van der Waals surface area contributed by atoms with E-state index in [1.807, 2.05) is 34.6 Å². The average Bonchev–Trinajstić information content (AvgIpc) is 1.41. The molecule has 0 N–H and O–H groups in total. The smallest absolute Gasteiger partial charge is 0.0140 e. The van der Waals surface area contributed by atoms with E-state index in [0.29, 0.717) is 0 Å². The fraction of sp³-hybridized carbons (Fsp3) is 1.00. The van der Waals surface area contributed by atoms with Crippen molar-refractivity contribution < 1.29 is 0 Å². The summed E-state index contributed by atoms with van der Waals surface area (Å²) >= 11 is 4.56. The highest BCUT2D eigenvalue weighted by Crippen LogP contribution is 1.78. The van der Waals surface area contributed by atoms with Gasteiger partial charge < -0.3 is 4.90 Å². The van der Waals surface area contributed by atoms with E-state index >= 15 is 0 Å². The van der Waals surface area contributed by atoms with Crippen LogP contribution in [0.15, 0.2) is 0 Å². The van der Waals surface area contributed by atoms with Crippen LogP contribution < -0.4 is 0 Å². The largest absolute Gasteiger partial charge is 0.312 e. The Morgan fingerprint density at radius 3 is 1.17 bits per heavy atom. The molecule has 0 aliphatic rings. The van der Waals surface area contributed by atoms with Crippen molar-refractivity contribution >= 4 is 19.8 Å². The van der Waals surface area contributed by atoms with E-state index in [0.717, 1.165) is 0 Å². The van der Waals surface area contributed by atoms with Crippen LogP contribution in [0.2, 0.25) is 0 Å². The molecule has 0 bridgehead atoms. The Balaban J connectivity index is 0. The lowest BCUT2D eigenvalue weighted by Gasteiger charge is -1.90. The summed E-state index contributed by atoms with van der Waals surface area (Å²) in [6, 6.07) is 0. The molecule has 0 heterocycles. The van der Waals surface area contributed by atoms with Gasteiger partial charge in [-0.2, -0.15) is 0 Å². The van der Waals surface area contributed by atoms with Crippen molar-refractivity contribution in [2.75, 3.05) is 21.1 Å². The van der Waals surface area contributed by atoms with Gasteiger partial charge in [0.25, 0.3) is 0 Å². The third-order valence-corrected chi connectivity index (χ3v) is 0. The van der Waals surface area contributed by atoms with Crippen LogP contribution in [0.1, 0.15) is 0 Å². The first-order valence-electron chi connectivity index (χ1n) is 1.56. The number of rotatable bonds is 0. The molecule has 1 unspecified atom stereocenters. The van der Waals surface area contributed by atoms with Crippen molar-refractivity contribution in [3.63, 3.8) is 0 Å². The van der Waals surface area contributed by atoms with Gasteiger partial charge in [0.15, 0.2) is 0 Å². The molecule has 0 spiro atoms. The van der Waals surface area contributed by atoms with Gasteiger partial charge in [0.1, 0.15) is 0 Å². The molecular formula is C3H11ClNP. The summed E-state index contributed by atoms with van der Waals surface area (Å²) in [4.78, 5) is 2.00. The number of halogens is 1. The summed E-state index contributed by atoms with van der Waals surface area (Å²) in [6.45, 7) is 0. The van der Waals surface area contributed by atoms with Gasteiger partial charge in [0, 0.05) is 0 Å². The van der Waals surface area contributed by atoms with Gasteiger partial charge in [-0.3, -0.25) is 0 Å².